The fourth-order valence-corrected chi connectivity index (χ4v) is 3.59. The molecule has 0 unspecified atom stereocenters. The van der Waals surface area contributed by atoms with E-state index in [0.717, 1.165) is 35.3 Å². The van der Waals surface area contributed by atoms with Crippen LogP contribution in [0.4, 0.5) is 4.79 Å². The topological polar surface area (TPSA) is 79.3 Å². The summed E-state index contributed by atoms with van der Waals surface area (Å²) in [4.78, 5) is 25.7. The predicted octanol–water partition coefficient (Wildman–Crippen LogP) is 3.65. The minimum Gasteiger partial charge on any atom is -0.338 e. The minimum atomic E-state index is -0.244. The molecule has 3 aromatic rings. The van der Waals surface area contributed by atoms with Gasteiger partial charge in [-0.05, 0) is 41.8 Å². The highest BCUT2D eigenvalue weighted by Gasteiger charge is 2.19. The third kappa shape index (κ3) is 5.64. The fourth-order valence-electron chi connectivity index (χ4n) is 3.47. The maximum absolute atomic E-state index is 12.1. The first-order valence-corrected chi connectivity index (χ1v) is 10.6. The Morgan fingerprint density at radius 3 is 2.32 bits per heavy atom. The van der Waals surface area contributed by atoms with Crippen LogP contribution in [0.5, 0.6) is 0 Å². The molecule has 3 amide bonds. The predicted molar refractivity (Wildman–Crippen MR) is 119 cm³/mol. The van der Waals surface area contributed by atoms with Gasteiger partial charge in [0.1, 0.15) is 0 Å². The minimum absolute atomic E-state index is 0.223. The number of aromatic nitrogens is 2. The van der Waals surface area contributed by atoms with E-state index in [1.54, 1.807) is 10.9 Å². The van der Waals surface area contributed by atoms with E-state index in [-0.39, 0.29) is 11.9 Å². The van der Waals surface area contributed by atoms with Crippen LogP contribution in [0.15, 0.2) is 60.9 Å². The summed E-state index contributed by atoms with van der Waals surface area (Å²) >= 11 is 5.91. The Bertz CT molecular complexity index is 1050. The second-order valence-corrected chi connectivity index (χ2v) is 7.98. The molecule has 0 bridgehead atoms. The van der Waals surface area contributed by atoms with Crippen LogP contribution < -0.4 is 10.6 Å². The lowest BCUT2D eigenvalue weighted by Crippen LogP contribution is -2.34. The first kappa shape index (κ1) is 20.9. The first-order valence-electron chi connectivity index (χ1n) is 10.2. The Hall–Kier alpha value is -3.32. The molecule has 1 aliphatic rings. The van der Waals surface area contributed by atoms with Crippen LogP contribution in [0.3, 0.4) is 0 Å². The maximum atomic E-state index is 12.1. The number of urea groups is 1. The Morgan fingerprint density at radius 2 is 1.65 bits per heavy atom. The van der Waals surface area contributed by atoms with Crippen LogP contribution in [0.25, 0.3) is 5.69 Å². The number of hydrogen-bond acceptors (Lipinski definition) is 3. The number of halogens is 1. The van der Waals surface area contributed by atoms with Crippen LogP contribution in [-0.4, -0.2) is 33.2 Å². The van der Waals surface area contributed by atoms with Gasteiger partial charge in [0.2, 0.25) is 5.91 Å². The molecule has 2 aromatic carbocycles. The maximum Gasteiger partial charge on any atom is 0.315 e. The van der Waals surface area contributed by atoms with Gasteiger partial charge in [-0.25, -0.2) is 9.48 Å². The Labute approximate surface area is 186 Å². The van der Waals surface area contributed by atoms with Crippen molar-refractivity contribution >= 4 is 23.5 Å². The molecule has 2 N–H and O–H groups in total. The van der Waals surface area contributed by atoms with Gasteiger partial charge in [-0.3, -0.25) is 4.79 Å². The van der Waals surface area contributed by atoms with Gasteiger partial charge in [0.05, 0.1) is 11.9 Å². The molecule has 0 saturated carbocycles. The summed E-state index contributed by atoms with van der Waals surface area (Å²) in [6.45, 7) is 2.29. The van der Waals surface area contributed by atoms with Gasteiger partial charge >= 0.3 is 6.03 Å². The third-order valence-electron chi connectivity index (χ3n) is 5.20. The molecule has 31 heavy (non-hydrogen) atoms. The molecule has 160 valence electrons. The van der Waals surface area contributed by atoms with Gasteiger partial charge in [0, 0.05) is 49.4 Å². The van der Waals surface area contributed by atoms with Gasteiger partial charge in [0.15, 0.2) is 0 Å². The van der Waals surface area contributed by atoms with Gasteiger partial charge in [-0.2, -0.15) is 5.10 Å². The molecular formula is C23H24ClN5O2. The molecule has 0 spiro atoms. The fraction of sp³-hybridized carbons (Fsp3) is 0.261. The lowest BCUT2D eigenvalue weighted by molar-refractivity contribution is -0.128. The van der Waals surface area contributed by atoms with Crippen molar-refractivity contribution in [2.24, 2.45) is 0 Å². The molecule has 8 heteroatoms. The van der Waals surface area contributed by atoms with Crippen molar-refractivity contribution in [3.05, 3.63) is 82.6 Å². The van der Waals surface area contributed by atoms with E-state index in [2.05, 4.69) is 15.7 Å². The van der Waals surface area contributed by atoms with Gasteiger partial charge in [-0.15, -0.1) is 0 Å². The van der Waals surface area contributed by atoms with E-state index in [0.29, 0.717) is 31.1 Å². The zero-order chi connectivity index (χ0) is 21.6. The average molecular weight is 438 g/mol. The van der Waals surface area contributed by atoms with Crippen molar-refractivity contribution in [3.63, 3.8) is 0 Å². The monoisotopic (exact) mass is 437 g/mol. The highest BCUT2D eigenvalue weighted by Crippen LogP contribution is 2.15. The summed E-state index contributed by atoms with van der Waals surface area (Å²) in [5.74, 6) is 0.223. The SMILES string of the molecule is O=C(NCc1ccc(CN2CCCC2=O)cc1)NCc1cnn(-c2ccc(Cl)cc2)c1. The summed E-state index contributed by atoms with van der Waals surface area (Å²) in [6, 6.07) is 15.1. The Morgan fingerprint density at radius 1 is 0.968 bits per heavy atom. The van der Waals surface area contributed by atoms with E-state index in [4.69, 9.17) is 11.6 Å². The highest BCUT2D eigenvalue weighted by atomic mass is 35.5. The van der Waals surface area contributed by atoms with Crippen molar-refractivity contribution in [3.8, 4) is 5.69 Å². The molecule has 1 fully saturated rings. The quantitative estimate of drug-likeness (QED) is 0.592. The number of carbonyl (C=O) groups is 2. The van der Waals surface area contributed by atoms with E-state index in [1.807, 2.05) is 59.6 Å². The molecule has 2 heterocycles. The molecule has 1 saturated heterocycles. The smallest absolute Gasteiger partial charge is 0.315 e. The summed E-state index contributed by atoms with van der Waals surface area (Å²) in [7, 11) is 0. The second-order valence-electron chi connectivity index (χ2n) is 7.54. The largest absolute Gasteiger partial charge is 0.338 e. The molecule has 0 atom stereocenters. The number of nitrogens with one attached hydrogen (secondary N) is 2. The number of likely N-dealkylation sites (tertiary alicyclic amines) is 1. The molecule has 4 rings (SSSR count). The summed E-state index contributed by atoms with van der Waals surface area (Å²) < 4.78 is 1.74. The van der Waals surface area contributed by atoms with E-state index in [9.17, 15) is 9.59 Å². The van der Waals surface area contributed by atoms with Crippen LogP contribution in [0.1, 0.15) is 29.5 Å². The van der Waals surface area contributed by atoms with E-state index in [1.165, 1.54) is 0 Å². The van der Waals surface area contributed by atoms with Crippen molar-refractivity contribution < 1.29 is 9.59 Å². The Kier molecular flexibility index (Phi) is 6.52. The van der Waals surface area contributed by atoms with Gasteiger partial charge in [0.25, 0.3) is 0 Å². The Balaban J connectivity index is 1.21. The summed E-state index contributed by atoms with van der Waals surface area (Å²) in [5.41, 5.74) is 3.90. The van der Waals surface area contributed by atoms with Crippen molar-refractivity contribution in [1.82, 2.24) is 25.3 Å². The number of carbonyl (C=O) groups excluding carboxylic acids is 2. The molecule has 1 aromatic heterocycles. The normalized spacial score (nSPS) is 13.5. The van der Waals surface area contributed by atoms with Gasteiger partial charge < -0.3 is 15.5 Å². The molecule has 0 aliphatic carbocycles. The molecular weight excluding hydrogens is 414 g/mol. The van der Waals surface area contributed by atoms with Crippen molar-refractivity contribution in [2.45, 2.75) is 32.5 Å². The van der Waals surface area contributed by atoms with Crippen LogP contribution in [-0.2, 0) is 24.4 Å². The number of amides is 3. The second kappa shape index (κ2) is 9.66. The molecule has 0 radical (unpaired) electrons. The number of benzene rings is 2. The van der Waals surface area contributed by atoms with Crippen molar-refractivity contribution in [1.29, 1.82) is 0 Å². The zero-order valence-corrected chi connectivity index (χ0v) is 17.8. The third-order valence-corrected chi connectivity index (χ3v) is 5.45. The molecule has 1 aliphatic heterocycles. The van der Waals surface area contributed by atoms with Crippen molar-refractivity contribution in [2.75, 3.05) is 6.54 Å². The molecule has 7 nitrogen and oxygen atoms in total. The average Bonchev–Trinajstić information content (AvgIpc) is 3.41. The highest BCUT2D eigenvalue weighted by molar-refractivity contribution is 6.30. The van der Waals surface area contributed by atoms with Crippen LogP contribution >= 0.6 is 11.6 Å². The van der Waals surface area contributed by atoms with Crippen LogP contribution in [0.2, 0.25) is 5.02 Å². The van der Waals surface area contributed by atoms with E-state index >= 15 is 0 Å². The number of rotatable bonds is 7. The lowest BCUT2D eigenvalue weighted by atomic mass is 10.1. The zero-order valence-electron chi connectivity index (χ0n) is 17.1. The standard InChI is InChI=1S/C23H24ClN5O2/c24-20-7-9-21(10-8-20)29-16-19(14-27-29)13-26-23(31)25-12-17-3-5-18(6-4-17)15-28-11-1-2-22(28)30/h3-10,14,16H,1-2,11-13,15H2,(H2,25,26,31). The number of hydrogen-bond donors (Lipinski definition) is 2. The number of nitrogens with zero attached hydrogens (tertiary/aromatic N) is 3. The lowest BCUT2D eigenvalue weighted by Gasteiger charge is -2.15. The van der Waals surface area contributed by atoms with Gasteiger partial charge in [-0.1, -0.05) is 35.9 Å². The first-order chi connectivity index (χ1) is 15.1. The summed E-state index contributed by atoms with van der Waals surface area (Å²) in [6.07, 6.45) is 5.18. The summed E-state index contributed by atoms with van der Waals surface area (Å²) in [5, 5.41) is 10.7. The van der Waals surface area contributed by atoms with E-state index < -0.39 is 0 Å². The van der Waals surface area contributed by atoms with Crippen LogP contribution in [0, 0.1) is 0 Å².